The van der Waals surface area contributed by atoms with Crippen molar-refractivity contribution in [2.75, 3.05) is 23.8 Å². The fourth-order valence-corrected chi connectivity index (χ4v) is 5.02. The van der Waals surface area contributed by atoms with Gasteiger partial charge in [0.2, 0.25) is 11.6 Å². The number of hydrazone groups is 1. The standard InChI is InChI=1S/C31H31N9O4/c1-3-42-27-16-21(12-13-26(27)43-19-23-10-5-4-8-20(23)2)17-33-35-31(41)28-25(40(38-34-28)30-29(32)36-44-37-30)18-39-15-14-22-9-6-7-11-24(22)39/h4-13,16-17H,3,14-15,18-19H2,1-2H3,(H2,32,36)(H,35,41)/b33-17+. The highest BCUT2D eigenvalue weighted by Crippen LogP contribution is 2.31. The third-order valence-corrected chi connectivity index (χ3v) is 7.29. The number of nitrogens with zero attached hydrogens (tertiary/aromatic N) is 7. The number of nitrogens with two attached hydrogens (primary N) is 1. The smallest absolute Gasteiger partial charge is 0.293 e. The molecule has 44 heavy (non-hydrogen) atoms. The average molecular weight is 594 g/mol. The molecule has 0 atom stereocenters. The summed E-state index contributed by atoms with van der Waals surface area (Å²) in [5.74, 6) is 0.817. The molecule has 13 nitrogen and oxygen atoms in total. The fraction of sp³-hybridized carbons (Fsp3) is 0.226. The number of carbonyl (C=O) groups excluding carboxylic acids is 1. The molecule has 0 saturated carbocycles. The Kier molecular flexibility index (Phi) is 8.17. The Balaban J connectivity index is 1.19. The summed E-state index contributed by atoms with van der Waals surface area (Å²) in [6.45, 7) is 5.92. The molecule has 1 aliphatic heterocycles. The van der Waals surface area contributed by atoms with Crippen LogP contribution >= 0.6 is 0 Å². The lowest BCUT2D eigenvalue weighted by molar-refractivity contribution is 0.0949. The summed E-state index contributed by atoms with van der Waals surface area (Å²) < 4.78 is 18.0. The molecule has 0 bridgehead atoms. The highest BCUT2D eigenvalue weighted by molar-refractivity contribution is 5.94. The summed E-state index contributed by atoms with van der Waals surface area (Å²) in [7, 11) is 0. The van der Waals surface area contributed by atoms with E-state index in [0.717, 1.165) is 29.8 Å². The van der Waals surface area contributed by atoms with Gasteiger partial charge in [0.1, 0.15) is 6.61 Å². The molecule has 0 saturated heterocycles. The highest BCUT2D eigenvalue weighted by atomic mass is 16.6. The number of aryl methyl sites for hydroxylation is 1. The zero-order chi connectivity index (χ0) is 30.5. The number of fused-ring (bicyclic) bond motifs is 1. The molecule has 6 rings (SSSR count). The van der Waals surface area contributed by atoms with Crippen molar-refractivity contribution in [2.45, 2.75) is 33.4 Å². The fourth-order valence-electron chi connectivity index (χ4n) is 5.02. The number of hydrogen-bond acceptors (Lipinski definition) is 11. The van der Waals surface area contributed by atoms with Crippen molar-refractivity contribution in [3.63, 3.8) is 0 Å². The minimum Gasteiger partial charge on any atom is -0.490 e. The topological polar surface area (TPSA) is 159 Å². The number of carbonyl (C=O) groups is 1. The van der Waals surface area contributed by atoms with Gasteiger partial charge in [-0.15, -0.1) is 5.10 Å². The van der Waals surface area contributed by atoms with Crippen LogP contribution in [0.5, 0.6) is 11.5 Å². The summed E-state index contributed by atoms with van der Waals surface area (Å²) in [6, 6.07) is 21.6. The normalized spacial score (nSPS) is 12.5. The van der Waals surface area contributed by atoms with E-state index >= 15 is 0 Å². The van der Waals surface area contributed by atoms with Gasteiger partial charge in [-0.1, -0.05) is 47.7 Å². The van der Waals surface area contributed by atoms with Gasteiger partial charge in [-0.25, -0.2) is 10.1 Å². The number of amides is 1. The first-order chi connectivity index (χ1) is 21.5. The van der Waals surface area contributed by atoms with E-state index in [9.17, 15) is 4.79 Å². The van der Waals surface area contributed by atoms with E-state index in [1.54, 1.807) is 6.07 Å². The van der Waals surface area contributed by atoms with Crippen LogP contribution in [0.3, 0.4) is 0 Å². The molecule has 1 aliphatic rings. The lowest BCUT2D eigenvalue weighted by Crippen LogP contribution is -2.26. The van der Waals surface area contributed by atoms with Gasteiger partial charge in [0.05, 0.1) is 25.1 Å². The van der Waals surface area contributed by atoms with Crippen molar-refractivity contribution < 1.29 is 18.9 Å². The Bertz CT molecular complexity index is 1810. The molecule has 2 aromatic heterocycles. The van der Waals surface area contributed by atoms with Crippen LogP contribution in [0.2, 0.25) is 0 Å². The van der Waals surface area contributed by atoms with Crippen molar-refractivity contribution >= 4 is 23.6 Å². The molecule has 13 heteroatoms. The molecule has 0 spiro atoms. The quantitative estimate of drug-likeness (QED) is 0.170. The number of aromatic nitrogens is 5. The maximum absolute atomic E-state index is 13.3. The molecule has 3 heterocycles. The van der Waals surface area contributed by atoms with Crippen LogP contribution in [-0.2, 0) is 19.6 Å². The molecule has 3 N–H and O–H groups in total. The Morgan fingerprint density at radius 1 is 1.09 bits per heavy atom. The van der Waals surface area contributed by atoms with Gasteiger partial charge in [-0.3, -0.25) is 4.79 Å². The van der Waals surface area contributed by atoms with Crippen molar-refractivity contribution in [3.8, 4) is 17.3 Å². The predicted molar refractivity (Wildman–Crippen MR) is 163 cm³/mol. The summed E-state index contributed by atoms with van der Waals surface area (Å²) in [5, 5.41) is 19.9. The van der Waals surface area contributed by atoms with Crippen molar-refractivity contribution in [1.82, 2.24) is 30.7 Å². The van der Waals surface area contributed by atoms with E-state index in [4.69, 9.17) is 19.8 Å². The predicted octanol–water partition coefficient (Wildman–Crippen LogP) is 3.85. The lowest BCUT2D eigenvalue weighted by atomic mass is 10.1. The van der Waals surface area contributed by atoms with Gasteiger partial charge in [0.15, 0.2) is 17.2 Å². The summed E-state index contributed by atoms with van der Waals surface area (Å²) in [6.07, 6.45) is 2.41. The zero-order valence-corrected chi connectivity index (χ0v) is 24.3. The minimum atomic E-state index is -0.548. The maximum atomic E-state index is 13.3. The SMILES string of the molecule is CCOc1cc(/C=N/NC(=O)c2nnn(-c3nonc3N)c2CN2CCc3ccccc32)ccc1OCc1ccccc1C. The van der Waals surface area contributed by atoms with Crippen LogP contribution in [-0.4, -0.2) is 50.6 Å². The molecule has 1 amide bonds. The molecule has 0 fully saturated rings. The third-order valence-electron chi connectivity index (χ3n) is 7.29. The van der Waals surface area contributed by atoms with Crippen molar-refractivity contribution in [1.29, 1.82) is 0 Å². The van der Waals surface area contributed by atoms with E-state index in [-0.39, 0.29) is 17.3 Å². The second-order valence-electron chi connectivity index (χ2n) is 10.1. The molecule has 0 aliphatic carbocycles. The largest absolute Gasteiger partial charge is 0.490 e. The maximum Gasteiger partial charge on any atom is 0.293 e. The Hall–Kier alpha value is -5.72. The highest BCUT2D eigenvalue weighted by Gasteiger charge is 2.28. The molecular formula is C31H31N9O4. The summed E-state index contributed by atoms with van der Waals surface area (Å²) >= 11 is 0. The third kappa shape index (κ3) is 5.93. The monoisotopic (exact) mass is 593 g/mol. The second kappa shape index (κ2) is 12.7. The number of nitrogens with one attached hydrogen (secondary N) is 1. The van der Waals surface area contributed by atoms with Gasteiger partial charge in [0.25, 0.3) is 5.91 Å². The van der Waals surface area contributed by atoms with Crippen LogP contribution in [0, 0.1) is 6.92 Å². The first-order valence-corrected chi connectivity index (χ1v) is 14.1. The molecule has 0 unspecified atom stereocenters. The van der Waals surface area contributed by atoms with Gasteiger partial charge in [0, 0.05) is 12.2 Å². The Labute approximate surface area is 253 Å². The van der Waals surface area contributed by atoms with E-state index in [1.807, 2.05) is 68.4 Å². The van der Waals surface area contributed by atoms with Crippen LogP contribution in [0.25, 0.3) is 5.82 Å². The summed E-state index contributed by atoms with van der Waals surface area (Å²) in [5.41, 5.74) is 14.3. The minimum absolute atomic E-state index is 0.0272. The number of nitrogen functional groups attached to an aromatic ring is 1. The molecule has 3 aromatic carbocycles. The summed E-state index contributed by atoms with van der Waals surface area (Å²) in [4.78, 5) is 15.5. The second-order valence-corrected chi connectivity index (χ2v) is 10.1. The molecular weight excluding hydrogens is 562 g/mol. The number of ether oxygens (including phenoxy) is 2. The Morgan fingerprint density at radius 3 is 2.75 bits per heavy atom. The van der Waals surface area contributed by atoms with Gasteiger partial charge in [-0.2, -0.15) is 9.78 Å². The van der Waals surface area contributed by atoms with E-state index in [2.05, 4.69) is 42.1 Å². The van der Waals surface area contributed by atoms with E-state index in [1.165, 1.54) is 16.5 Å². The number of benzene rings is 3. The van der Waals surface area contributed by atoms with E-state index < -0.39 is 5.91 Å². The van der Waals surface area contributed by atoms with Gasteiger partial charge >= 0.3 is 0 Å². The Morgan fingerprint density at radius 2 is 1.93 bits per heavy atom. The van der Waals surface area contributed by atoms with Crippen molar-refractivity contribution in [2.24, 2.45) is 5.10 Å². The van der Waals surface area contributed by atoms with E-state index in [0.29, 0.717) is 42.5 Å². The van der Waals surface area contributed by atoms with Crippen LogP contribution in [0.4, 0.5) is 11.5 Å². The molecule has 5 aromatic rings. The number of rotatable bonds is 11. The number of hydrogen-bond donors (Lipinski definition) is 2. The number of para-hydroxylation sites is 1. The van der Waals surface area contributed by atoms with Gasteiger partial charge < -0.3 is 20.1 Å². The lowest BCUT2D eigenvalue weighted by Gasteiger charge is -2.19. The van der Waals surface area contributed by atoms with Crippen molar-refractivity contribution in [3.05, 3.63) is 100 Å². The first kappa shape index (κ1) is 28.4. The molecule has 0 radical (unpaired) electrons. The molecule has 224 valence electrons. The number of anilines is 2. The van der Waals surface area contributed by atoms with Crippen LogP contribution in [0.15, 0.2) is 76.5 Å². The first-order valence-electron chi connectivity index (χ1n) is 14.1. The average Bonchev–Trinajstić information content (AvgIpc) is 3.76. The van der Waals surface area contributed by atoms with Crippen LogP contribution < -0.4 is 25.5 Å². The zero-order valence-electron chi connectivity index (χ0n) is 24.3. The van der Waals surface area contributed by atoms with Gasteiger partial charge in [-0.05, 0) is 77.1 Å². The van der Waals surface area contributed by atoms with Crippen LogP contribution in [0.1, 0.15) is 45.4 Å².